The minimum Gasteiger partial charge on any atom is -0.339 e. The third-order valence-corrected chi connectivity index (χ3v) is 6.65. The fourth-order valence-electron chi connectivity index (χ4n) is 3.47. The number of carbonyl (C=O) groups excluding carboxylic acids is 2. The molecule has 0 spiro atoms. The summed E-state index contributed by atoms with van der Waals surface area (Å²) in [5.74, 6) is -0.0344. The topological polar surface area (TPSA) is 74.8 Å². The van der Waals surface area contributed by atoms with Gasteiger partial charge in [-0.3, -0.25) is 9.59 Å². The number of aryl methyl sites for hydroxylation is 2. The van der Waals surface area contributed by atoms with Crippen LogP contribution in [0.15, 0.2) is 18.2 Å². The molecule has 0 aliphatic carbocycles. The van der Waals surface area contributed by atoms with E-state index in [0.717, 1.165) is 16.8 Å². The van der Waals surface area contributed by atoms with Crippen LogP contribution in [0.25, 0.3) is 0 Å². The lowest BCUT2D eigenvalue weighted by Gasteiger charge is -2.29. The van der Waals surface area contributed by atoms with Crippen LogP contribution in [-0.2, 0) is 19.4 Å². The minimum absolute atomic E-state index is 0.0417. The fourth-order valence-corrected chi connectivity index (χ4v) is 5.20. The van der Waals surface area contributed by atoms with E-state index in [9.17, 15) is 18.0 Å². The summed E-state index contributed by atoms with van der Waals surface area (Å²) in [5, 5.41) is 0. The third kappa shape index (κ3) is 4.84. The second-order valence-corrected chi connectivity index (χ2v) is 9.18. The number of hydrogen-bond acceptors (Lipinski definition) is 4. The quantitative estimate of drug-likeness (QED) is 0.757. The predicted octanol–water partition coefficient (Wildman–Crippen LogP) is 2.08. The summed E-state index contributed by atoms with van der Waals surface area (Å²) in [5.41, 5.74) is 2.85. The number of nitrogens with zero attached hydrogens (tertiary/aromatic N) is 2. The molecular formula is C19H28N2O4S. The Balaban J connectivity index is 2.09. The van der Waals surface area contributed by atoms with Crippen molar-refractivity contribution in [1.29, 1.82) is 0 Å². The van der Waals surface area contributed by atoms with Crippen molar-refractivity contribution in [1.82, 2.24) is 4.90 Å². The molecule has 1 aromatic carbocycles. The Kier molecular flexibility index (Phi) is 6.44. The van der Waals surface area contributed by atoms with Crippen molar-refractivity contribution < 1.29 is 18.0 Å². The van der Waals surface area contributed by atoms with Gasteiger partial charge in [0.2, 0.25) is 11.8 Å². The van der Waals surface area contributed by atoms with Crippen LogP contribution in [0.1, 0.15) is 37.8 Å². The Bertz CT molecular complexity index is 789. The molecule has 1 saturated heterocycles. The molecule has 7 heteroatoms. The van der Waals surface area contributed by atoms with Gasteiger partial charge in [0.05, 0.1) is 11.5 Å². The van der Waals surface area contributed by atoms with Gasteiger partial charge in [0.15, 0.2) is 9.84 Å². The number of sulfone groups is 1. The predicted molar refractivity (Wildman–Crippen MR) is 103 cm³/mol. The molecule has 1 aliphatic heterocycles. The molecule has 2 amide bonds. The van der Waals surface area contributed by atoms with E-state index in [-0.39, 0.29) is 42.3 Å². The lowest BCUT2D eigenvalue weighted by Crippen LogP contribution is -2.43. The van der Waals surface area contributed by atoms with E-state index in [4.69, 9.17) is 0 Å². The number of hydrogen-bond donors (Lipinski definition) is 0. The van der Waals surface area contributed by atoms with Crippen molar-refractivity contribution in [3.05, 3.63) is 29.3 Å². The van der Waals surface area contributed by atoms with Crippen LogP contribution in [-0.4, -0.2) is 55.8 Å². The average Bonchev–Trinajstić information content (AvgIpc) is 2.91. The highest BCUT2D eigenvalue weighted by Gasteiger charge is 2.33. The van der Waals surface area contributed by atoms with Crippen molar-refractivity contribution in [2.24, 2.45) is 0 Å². The SMILES string of the molecule is CCN(C(=O)CCN(C(C)=O)c1cc(C)ccc1C)C1CCS(=O)(=O)C1. The first kappa shape index (κ1) is 20.4. The second kappa shape index (κ2) is 8.20. The lowest BCUT2D eigenvalue weighted by atomic mass is 10.1. The Morgan fingerprint density at radius 2 is 1.92 bits per heavy atom. The van der Waals surface area contributed by atoms with E-state index < -0.39 is 9.84 Å². The Hall–Kier alpha value is -1.89. The largest absolute Gasteiger partial charge is 0.339 e. The molecule has 1 atom stereocenters. The zero-order valence-corrected chi connectivity index (χ0v) is 16.8. The van der Waals surface area contributed by atoms with Crippen molar-refractivity contribution in [3.8, 4) is 0 Å². The Morgan fingerprint density at radius 1 is 1.23 bits per heavy atom. The maximum atomic E-state index is 12.7. The van der Waals surface area contributed by atoms with Crippen molar-refractivity contribution >= 4 is 27.3 Å². The van der Waals surface area contributed by atoms with Gasteiger partial charge in [0.25, 0.3) is 0 Å². The molecule has 1 heterocycles. The molecule has 1 unspecified atom stereocenters. The van der Waals surface area contributed by atoms with Gasteiger partial charge < -0.3 is 9.80 Å². The highest BCUT2D eigenvalue weighted by molar-refractivity contribution is 7.91. The van der Waals surface area contributed by atoms with E-state index in [0.29, 0.717) is 13.0 Å². The number of rotatable bonds is 6. The number of benzene rings is 1. The monoisotopic (exact) mass is 380 g/mol. The molecule has 0 radical (unpaired) electrons. The van der Waals surface area contributed by atoms with Crippen molar-refractivity contribution in [2.75, 3.05) is 29.5 Å². The summed E-state index contributed by atoms with van der Waals surface area (Å²) in [7, 11) is -3.04. The van der Waals surface area contributed by atoms with Crippen LogP contribution in [0.3, 0.4) is 0 Å². The highest BCUT2D eigenvalue weighted by Crippen LogP contribution is 2.23. The van der Waals surface area contributed by atoms with E-state index in [1.807, 2.05) is 39.0 Å². The van der Waals surface area contributed by atoms with Crippen molar-refractivity contribution in [2.45, 2.75) is 46.6 Å². The summed E-state index contributed by atoms with van der Waals surface area (Å²) in [6, 6.07) is 5.65. The molecule has 1 fully saturated rings. The summed E-state index contributed by atoms with van der Waals surface area (Å²) in [4.78, 5) is 28.1. The number of carbonyl (C=O) groups is 2. The zero-order chi connectivity index (χ0) is 19.5. The first-order chi connectivity index (χ1) is 12.1. The molecule has 26 heavy (non-hydrogen) atoms. The van der Waals surface area contributed by atoms with Crippen LogP contribution in [0.4, 0.5) is 5.69 Å². The van der Waals surface area contributed by atoms with Gasteiger partial charge in [-0.2, -0.15) is 0 Å². The highest BCUT2D eigenvalue weighted by atomic mass is 32.2. The normalized spacial score (nSPS) is 18.5. The lowest BCUT2D eigenvalue weighted by molar-refractivity contribution is -0.132. The molecule has 144 valence electrons. The van der Waals surface area contributed by atoms with Crippen LogP contribution in [0.5, 0.6) is 0 Å². The van der Waals surface area contributed by atoms with Crippen LogP contribution in [0.2, 0.25) is 0 Å². The van der Waals surface area contributed by atoms with Gasteiger partial charge in [-0.05, 0) is 44.4 Å². The molecule has 0 aromatic heterocycles. The standard InChI is InChI=1S/C19H28N2O4S/c1-5-20(17-9-11-26(24,25)13-17)19(23)8-10-21(16(4)22)18-12-14(2)6-7-15(18)3/h6-7,12,17H,5,8-11,13H2,1-4H3. The molecular weight excluding hydrogens is 352 g/mol. The summed E-state index contributed by atoms with van der Waals surface area (Å²) in [6.45, 7) is 8.01. The molecule has 1 aliphatic rings. The minimum atomic E-state index is -3.04. The first-order valence-corrected chi connectivity index (χ1v) is 10.8. The van der Waals surface area contributed by atoms with Gasteiger partial charge in [-0.1, -0.05) is 12.1 Å². The molecule has 0 bridgehead atoms. The maximum Gasteiger partial charge on any atom is 0.224 e. The van der Waals surface area contributed by atoms with Gasteiger partial charge >= 0.3 is 0 Å². The van der Waals surface area contributed by atoms with Gasteiger partial charge in [-0.25, -0.2) is 8.42 Å². The summed E-state index contributed by atoms with van der Waals surface area (Å²) < 4.78 is 23.4. The van der Waals surface area contributed by atoms with E-state index in [1.165, 1.54) is 6.92 Å². The molecule has 2 rings (SSSR count). The fraction of sp³-hybridized carbons (Fsp3) is 0.579. The third-order valence-electron chi connectivity index (χ3n) is 4.90. The number of amides is 2. The number of anilines is 1. The van der Waals surface area contributed by atoms with E-state index >= 15 is 0 Å². The zero-order valence-electron chi connectivity index (χ0n) is 16.0. The van der Waals surface area contributed by atoms with Gasteiger partial charge in [0.1, 0.15) is 0 Å². The summed E-state index contributed by atoms with van der Waals surface area (Å²) in [6.07, 6.45) is 0.673. The van der Waals surface area contributed by atoms with Crippen LogP contribution >= 0.6 is 0 Å². The van der Waals surface area contributed by atoms with Crippen LogP contribution in [0, 0.1) is 13.8 Å². The molecule has 0 saturated carbocycles. The maximum absolute atomic E-state index is 12.7. The van der Waals surface area contributed by atoms with E-state index in [1.54, 1.807) is 9.80 Å². The Morgan fingerprint density at radius 3 is 2.46 bits per heavy atom. The summed E-state index contributed by atoms with van der Waals surface area (Å²) >= 11 is 0. The van der Waals surface area contributed by atoms with Gasteiger partial charge in [-0.15, -0.1) is 0 Å². The van der Waals surface area contributed by atoms with Gasteiger partial charge in [0, 0.05) is 38.2 Å². The first-order valence-electron chi connectivity index (χ1n) is 9.00. The second-order valence-electron chi connectivity index (χ2n) is 6.95. The smallest absolute Gasteiger partial charge is 0.224 e. The average molecular weight is 381 g/mol. The molecule has 0 N–H and O–H groups in total. The van der Waals surface area contributed by atoms with Crippen LogP contribution < -0.4 is 4.90 Å². The van der Waals surface area contributed by atoms with Crippen molar-refractivity contribution in [3.63, 3.8) is 0 Å². The Labute approximate surface area is 156 Å². The molecule has 6 nitrogen and oxygen atoms in total. The molecule has 1 aromatic rings. The van der Waals surface area contributed by atoms with E-state index in [2.05, 4.69) is 0 Å².